The van der Waals surface area contributed by atoms with Gasteiger partial charge in [0.05, 0.1) is 11.5 Å². The predicted molar refractivity (Wildman–Crippen MR) is 73.9 cm³/mol. The Balaban J connectivity index is 2.75. The minimum Gasteiger partial charge on any atom is -0.493 e. The summed E-state index contributed by atoms with van der Waals surface area (Å²) in [5, 5.41) is 5.11. The smallest absolute Gasteiger partial charge is 0.238 e. The Kier molecular flexibility index (Phi) is 5.78. The topological polar surface area (TPSA) is 78.6 Å². The normalized spacial score (nSPS) is 11.6. The van der Waals surface area contributed by atoms with Crippen molar-refractivity contribution in [3.63, 3.8) is 0 Å². The second-order valence-electron chi connectivity index (χ2n) is 4.33. The van der Waals surface area contributed by atoms with Gasteiger partial charge in [-0.15, -0.1) is 0 Å². The van der Waals surface area contributed by atoms with Crippen LogP contribution < -0.4 is 9.88 Å². The van der Waals surface area contributed by atoms with Crippen LogP contribution in [0.1, 0.15) is 24.5 Å². The Morgan fingerprint density at radius 1 is 1.16 bits per heavy atom. The zero-order valence-electron chi connectivity index (χ0n) is 11.6. The summed E-state index contributed by atoms with van der Waals surface area (Å²) in [5.41, 5.74) is 1.53. The molecule has 0 aliphatic heterocycles. The minimum atomic E-state index is -3.67. The molecule has 0 amide bonds. The van der Waals surface area contributed by atoms with Crippen molar-refractivity contribution >= 4 is 10.0 Å². The van der Waals surface area contributed by atoms with Gasteiger partial charge in [-0.25, -0.2) is 13.6 Å². The highest BCUT2D eigenvalue weighted by atomic mass is 32.2. The maximum atomic E-state index is 11.3. The highest BCUT2D eigenvalue weighted by molar-refractivity contribution is 7.89. The van der Waals surface area contributed by atoms with Crippen LogP contribution in [0.15, 0.2) is 17.0 Å². The van der Waals surface area contributed by atoms with E-state index in [0.717, 1.165) is 17.5 Å². The number of hydrogen-bond acceptors (Lipinski definition) is 4. The van der Waals surface area contributed by atoms with Gasteiger partial charge in [0.1, 0.15) is 5.75 Å². The average Bonchev–Trinajstić information content (AvgIpc) is 2.30. The maximum absolute atomic E-state index is 11.3. The van der Waals surface area contributed by atoms with E-state index in [2.05, 4.69) is 0 Å². The largest absolute Gasteiger partial charge is 0.493 e. The Hall–Kier alpha value is -1.11. The lowest BCUT2D eigenvalue weighted by Gasteiger charge is -2.13. The fourth-order valence-electron chi connectivity index (χ4n) is 1.78. The molecule has 0 aromatic heterocycles. The van der Waals surface area contributed by atoms with Crippen molar-refractivity contribution in [2.75, 3.05) is 19.8 Å². The van der Waals surface area contributed by atoms with Crippen molar-refractivity contribution in [1.29, 1.82) is 0 Å². The van der Waals surface area contributed by atoms with E-state index in [1.165, 1.54) is 12.1 Å². The molecular weight excluding hydrogens is 266 g/mol. The molecule has 0 saturated carbocycles. The van der Waals surface area contributed by atoms with Gasteiger partial charge in [0.2, 0.25) is 10.0 Å². The Morgan fingerprint density at radius 3 is 2.21 bits per heavy atom. The van der Waals surface area contributed by atoms with E-state index in [9.17, 15) is 8.42 Å². The summed E-state index contributed by atoms with van der Waals surface area (Å²) in [7, 11) is -3.67. The first-order valence-corrected chi connectivity index (χ1v) is 7.75. The summed E-state index contributed by atoms with van der Waals surface area (Å²) in [6.45, 7) is 7.45. The monoisotopic (exact) mass is 287 g/mol. The number of sulfonamides is 1. The first-order chi connectivity index (χ1) is 8.86. The van der Waals surface area contributed by atoms with Gasteiger partial charge < -0.3 is 9.47 Å². The van der Waals surface area contributed by atoms with Crippen LogP contribution in [0.3, 0.4) is 0 Å². The zero-order valence-corrected chi connectivity index (χ0v) is 12.4. The number of aryl methyl sites for hydroxylation is 2. The summed E-state index contributed by atoms with van der Waals surface area (Å²) in [4.78, 5) is 0.115. The van der Waals surface area contributed by atoms with E-state index in [1.807, 2.05) is 6.92 Å². The lowest BCUT2D eigenvalue weighted by molar-refractivity contribution is 0.130. The third-order valence-corrected chi connectivity index (χ3v) is 3.54. The molecule has 0 heterocycles. The average molecular weight is 287 g/mol. The fraction of sp³-hybridized carbons (Fsp3) is 0.538. The second-order valence-corrected chi connectivity index (χ2v) is 5.89. The Morgan fingerprint density at radius 2 is 1.74 bits per heavy atom. The van der Waals surface area contributed by atoms with Crippen LogP contribution in [0, 0.1) is 13.8 Å². The summed E-state index contributed by atoms with van der Waals surface area (Å²) >= 11 is 0. The standard InChI is InChI=1S/C13H21NO4S/c1-4-17-6-5-7-18-13-10(2)8-12(9-11(13)3)19(14,15)16/h8-9H,4-7H2,1-3H3,(H2,14,15,16). The van der Waals surface area contributed by atoms with Crippen LogP contribution >= 0.6 is 0 Å². The van der Waals surface area contributed by atoms with E-state index >= 15 is 0 Å². The summed E-state index contributed by atoms with van der Waals surface area (Å²) in [5.74, 6) is 0.712. The summed E-state index contributed by atoms with van der Waals surface area (Å²) in [6.07, 6.45) is 0.795. The molecule has 0 bridgehead atoms. The molecule has 1 rings (SSSR count). The van der Waals surface area contributed by atoms with E-state index in [4.69, 9.17) is 14.6 Å². The molecule has 5 nitrogen and oxygen atoms in total. The van der Waals surface area contributed by atoms with E-state index in [1.54, 1.807) is 13.8 Å². The van der Waals surface area contributed by atoms with Gasteiger partial charge in [-0.3, -0.25) is 0 Å². The SMILES string of the molecule is CCOCCCOc1c(C)cc(S(N)(=O)=O)cc1C. The first kappa shape index (κ1) is 15.9. The van der Waals surface area contributed by atoms with Crippen LogP contribution in [0.5, 0.6) is 5.75 Å². The van der Waals surface area contributed by atoms with Crippen LogP contribution in [0.2, 0.25) is 0 Å². The van der Waals surface area contributed by atoms with Crippen LogP contribution in [-0.2, 0) is 14.8 Å². The highest BCUT2D eigenvalue weighted by Crippen LogP contribution is 2.26. The van der Waals surface area contributed by atoms with Gasteiger partial charge in [-0.2, -0.15) is 0 Å². The van der Waals surface area contributed by atoms with Crippen LogP contribution in [-0.4, -0.2) is 28.2 Å². The molecule has 0 saturated heterocycles. The number of ether oxygens (including phenoxy) is 2. The molecule has 2 N–H and O–H groups in total. The molecule has 0 fully saturated rings. The molecule has 0 aliphatic carbocycles. The maximum Gasteiger partial charge on any atom is 0.238 e. The molecule has 19 heavy (non-hydrogen) atoms. The number of rotatable bonds is 7. The molecule has 6 heteroatoms. The van der Waals surface area contributed by atoms with Crippen LogP contribution in [0.25, 0.3) is 0 Å². The lowest BCUT2D eigenvalue weighted by atomic mass is 10.1. The van der Waals surface area contributed by atoms with Gasteiger partial charge in [0, 0.05) is 19.6 Å². The van der Waals surface area contributed by atoms with Crippen LogP contribution in [0.4, 0.5) is 0 Å². The minimum absolute atomic E-state index is 0.115. The molecular formula is C13H21NO4S. The molecule has 0 spiro atoms. The molecule has 0 radical (unpaired) electrons. The third-order valence-electron chi connectivity index (χ3n) is 2.65. The summed E-state index contributed by atoms with van der Waals surface area (Å²) < 4.78 is 33.5. The lowest BCUT2D eigenvalue weighted by Crippen LogP contribution is -2.13. The van der Waals surface area contributed by atoms with Gasteiger partial charge in [0.15, 0.2) is 0 Å². The molecule has 0 aliphatic rings. The number of benzene rings is 1. The van der Waals surface area contributed by atoms with Gasteiger partial charge in [-0.1, -0.05) is 0 Å². The number of primary sulfonamides is 1. The van der Waals surface area contributed by atoms with E-state index in [-0.39, 0.29) is 4.90 Å². The van der Waals surface area contributed by atoms with Crippen molar-refractivity contribution < 1.29 is 17.9 Å². The quantitative estimate of drug-likeness (QED) is 0.775. The zero-order chi connectivity index (χ0) is 14.5. The first-order valence-electron chi connectivity index (χ1n) is 6.21. The molecule has 1 aromatic rings. The van der Waals surface area contributed by atoms with Crippen molar-refractivity contribution in [2.45, 2.75) is 32.1 Å². The molecule has 0 atom stereocenters. The van der Waals surface area contributed by atoms with Crippen molar-refractivity contribution in [3.05, 3.63) is 23.3 Å². The molecule has 0 unspecified atom stereocenters. The van der Waals surface area contributed by atoms with E-state index < -0.39 is 10.0 Å². The second kappa shape index (κ2) is 6.88. The predicted octanol–water partition coefficient (Wildman–Crippen LogP) is 1.76. The van der Waals surface area contributed by atoms with Gasteiger partial charge >= 0.3 is 0 Å². The van der Waals surface area contributed by atoms with Gasteiger partial charge in [0.25, 0.3) is 0 Å². The van der Waals surface area contributed by atoms with Crippen molar-refractivity contribution in [1.82, 2.24) is 0 Å². The third kappa shape index (κ3) is 4.81. The molecule has 1 aromatic carbocycles. The molecule has 108 valence electrons. The van der Waals surface area contributed by atoms with Crippen molar-refractivity contribution in [2.24, 2.45) is 5.14 Å². The Bertz CT molecular complexity index is 502. The van der Waals surface area contributed by atoms with Crippen molar-refractivity contribution in [3.8, 4) is 5.75 Å². The van der Waals surface area contributed by atoms with Gasteiger partial charge in [-0.05, 0) is 44.0 Å². The highest BCUT2D eigenvalue weighted by Gasteiger charge is 2.13. The fourth-order valence-corrected chi connectivity index (χ4v) is 2.46. The van der Waals surface area contributed by atoms with E-state index in [0.29, 0.717) is 25.6 Å². The number of nitrogens with two attached hydrogens (primary N) is 1. The summed E-state index contributed by atoms with van der Waals surface area (Å²) in [6, 6.07) is 3.06. The number of hydrogen-bond donors (Lipinski definition) is 1. The Labute approximate surface area is 114 Å².